The van der Waals surface area contributed by atoms with Gasteiger partial charge in [0.15, 0.2) is 0 Å². The number of carbonyl (C=O) groups excluding carboxylic acids is 3. The van der Waals surface area contributed by atoms with Crippen molar-refractivity contribution in [2.24, 2.45) is 17.6 Å². The second-order valence-corrected chi connectivity index (χ2v) is 7.14. The molecule has 0 radical (unpaired) electrons. The SMILES string of the molecule is CC(C)[C@H](N)C(=O)NCC(=O)N1CCC(C(=O)Nc2cccc(F)c2)CC1. The molecule has 8 heteroatoms. The summed E-state index contributed by atoms with van der Waals surface area (Å²) in [4.78, 5) is 38.0. The topological polar surface area (TPSA) is 105 Å². The number of carbonyl (C=O) groups is 3. The molecule has 0 aliphatic carbocycles. The zero-order chi connectivity index (χ0) is 20.0. The number of hydrogen-bond donors (Lipinski definition) is 3. The van der Waals surface area contributed by atoms with Crippen molar-refractivity contribution < 1.29 is 18.8 Å². The standard InChI is InChI=1S/C19H27FN4O3/c1-12(2)17(21)19(27)22-11-16(25)24-8-6-13(7-9-24)18(26)23-15-5-3-4-14(20)10-15/h3-5,10,12-13,17H,6-9,11,21H2,1-2H3,(H,22,27)(H,23,26)/t17-/m0/s1. The molecule has 7 nitrogen and oxygen atoms in total. The number of amides is 3. The Morgan fingerprint density at radius 2 is 1.93 bits per heavy atom. The first-order valence-corrected chi connectivity index (χ1v) is 9.15. The Hall–Kier alpha value is -2.48. The van der Waals surface area contributed by atoms with Gasteiger partial charge in [0.05, 0.1) is 12.6 Å². The lowest BCUT2D eigenvalue weighted by Crippen LogP contribution is -2.49. The molecule has 1 atom stereocenters. The highest BCUT2D eigenvalue weighted by molar-refractivity contribution is 5.93. The molecule has 0 saturated carbocycles. The van der Waals surface area contributed by atoms with E-state index in [0.29, 0.717) is 31.6 Å². The summed E-state index contributed by atoms with van der Waals surface area (Å²) in [7, 11) is 0. The molecule has 148 valence electrons. The largest absolute Gasteiger partial charge is 0.346 e. The molecule has 3 amide bonds. The van der Waals surface area contributed by atoms with E-state index in [2.05, 4.69) is 10.6 Å². The fourth-order valence-electron chi connectivity index (χ4n) is 2.90. The van der Waals surface area contributed by atoms with E-state index in [9.17, 15) is 18.8 Å². The van der Waals surface area contributed by atoms with Crippen LogP contribution in [0.4, 0.5) is 10.1 Å². The van der Waals surface area contributed by atoms with E-state index >= 15 is 0 Å². The predicted molar refractivity (Wildman–Crippen MR) is 100 cm³/mol. The summed E-state index contributed by atoms with van der Waals surface area (Å²) < 4.78 is 13.2. The highest BCUT2D eigenvalue weighted by Gasteiger charge is 2.28. The van der Waals surface area contributed by atoms with Gasteiger partial charge >= 0.3 is 0 Å². The molecule has 0 aromatic heterocycles. The number of hydrogen-bond acceptors (Lipinski definition) is 4. The first-order valence-electron chi connectivity index (χ1n) is 9.15. The van der Waals surface area contributed by atoms with E-state index in [1.165, 1.54) is 18.2 Å². The predicted octanol–water partition coefficient (Wildman–Crippen LogP) is 1.10. The number of benzene rings is 1. The lowest BCUT2D eigenvalue weighted by Gasteiger charge is -2.31. The van der Waals surface area contributed by atoms with Gasteiger partial charge in [0, 0.05) is 24.7 Å². The zero-order valence-electron chi connectivity index (χ0n) is 15.7. The van der Waals surface area contributed by atoms with E-state index in [1.807, 2.05) is 13.8 Å². The Bertz CT molecular complexity index is 687. The minimum atomic E-state index is -0.643. The van der Waals surface area contributed by atoms with Crippen LogP contribution in [-0.4, -0.2) is 48.3 Å². The van der Waals surface area contributed by atoms with Gasteiger partial charge in [-0.3, -0.25) is 14.4 Å². The fourth-order valence-corrected chi connectivity index (χ4v) is 2.90. The third-order valence-electron chi connectivity index (χ3n) is 4.75. The molecule has 27 heavy (non-hydrogen) atoms. The Labute approximate surface area is 158 Å². The van der Waals surface area contributed by atoms with Gasteiger partial charge in [-0.1, -0.05) is 19.9 Å². The summed E-state index contributed by atoms with van der Waals surface area (Å²) in [5, 5.41) is 5.27. The molecule has 1 aromatic carbocycles. The van der Waals surface area contributed by atoms with Crippen LogP contribution in [0.3, 0.4) is 0 Å². The average molecular weight is 378 g/mol. The molecule has 1 aliphatic rings. The van der Waals surface area contributed by atoms with Crippen molar-refractivity contribution in [3.63, 3.8) is 0 Å². The van der Waals surface area contributed by atoms with Crippen LogP contribution < -0.4 is 16.4 Å². The Morgan fingerprint density at radius 3 is 2.52 bits per heavy atom. The molecular formula is C19H27FN4O3. The fraction of sp³-hybridized carbons (Fsp3) is 0.526. The summed E-state index contributed by atoms with van der Waals surface area (Å²) in [5.41, 5.74) is 6.16. The van der Waals surface area contributed by atoms with Crippen LogP contribution in [0.2, 0.25) is 0 Å². The maximum atomic E-state index is 13.2. The van der Waals surface area contributed by atoms with Gasteiger partial charge in [0.2, 0.25) is 17.7 Å². The maximum absolute atomic E-state index is 13.2. The second-order valence-electron chi connectivity index (χ2n) is 7.14. The number of halogens is 1. The quantitative estimate of drug-likeness (QED) is 0.689. The minimum absolute atomic E-state index is 0.00699. The van der Waals surface area contributed by atoms with Gasteiger partial charge in [-0.25, -0.2) is 4.39 Å². The Balaban J connectivity index is 1.76. The molecule has 1 fully saturated rings. The Kier molecular flexibility index (Phi) is 7.29. The number of anilines is 1. The van der Waals surface area contributed by atoms with Crippen LogP contribution >= 0.6 is 0 Å². The molecule has 0 spiro atoms. The van der Waals surface area contributed by atoms with Crippen molar-refractivity contribution in [2.75, 3.05) is 25.0 Å². The second kappa shape index (κ2) is 9.45. The Morgan fingerprint density at radius 1 is 1.26 bits per heavy atom. The summed E-state index contributed by atoms with van der Waals surface area (Å²) >= 11 is 0. The highest BCUT2D eigenvalue weighted by Crippen LogP contribution is 2.20. The maximum Gasteiger partial charge on any atom is 0.241 e. The van der Waals surface area contributed by atoms with E-state index in [0.717, 1.165) is 0 Å². The van der Waals surface area contributed by atoms with Gasteiger partial charge in [-0.15, -0.1) is 0 Å². The van der Waals surface area contributed by atoms with Gasteiger partial charge in [0.1, 0.15) is 5.82 Å². The van der Waals surface area contributed by atoms with E-state index in [-0.39, 0.29) is 36.1 Å². The van der Waals surface area contributed by atoms with E-state index in [4.69, 9.17) is 5.73 Å². The molecule has 1 aliphatic heterocycles. The van der Waals surface area contributed by atoms with Crippen LogP contribution in [0.5, 0.6) is 0 Å². The molecule has 1 heterocycles. The van der Waals surface area contributed by atoms with Gasteiger partial charge in [-0.2, -0.15) is 0 Å². The van der Waals surface area contributed by atoms with E-state index < -0.39 is 11.9 Å². The zero-order valence-corrected chi connectivity index (χ0v) is 15.7. The molecule has 0 unspecified atom stereocenters. The number of nitrogens with two attached hydrogens (primary N) is 1. The molecule has 1 saturated heterocycles. The van der Waals surface area contributed by atoms with Crippen LogP contribution in [0.15, 0.2) is 24.3 Å². The molecule has 4 N–H and O–H groups in total. The molecule has 1 aromatic rings. The number of rotatable bonds is 6. The van der Waals surface area contributed by atoms with Crippen molar-refractivity contribution >= 4 is 23.4 Å². The lowest BCUT2D eigenvalue weighted by molar-refractivity contribution is -0.135. The number of piperidine rings is 1. The van der Waals surface area contributed by atoms with Crippen molar-refractivity contribution in [2.45, 2.75) is 32.7 Å². The monoisotopic (exact) mass is 378 g/mol. The summed E-state index contributed by atoms with van der Waals surface area (Å²) in [6.45, 7) is 4.45. The normalized spacial score (nSPS) is 16.1. The molecule has 2 rings (SSSR count). The van der Waals surface area contributed by atoms with Crippen LogP contribution in [0.1, 0.15) is 26.7 Å². The summed E-state index contributed by atoms with van der Waals surface area (Å²) in [6.07, 6.45) is 1.04. The van der Waals surface area contributed by atoms with Crippen molar-refractivity contribution in [1.29, 1.82) is 0 Å². The molecular weight excluding hydrogens is 351 g/mol. The summed E-state index contributed by atoms with van der Waals surface area (Å²) in [6, 6.07) is 5.10. The number of nitrogens with zero attached hydrogens (tertiary/aromatic N) is 1. The summed E-state index contributed by atoms with van der Waals surface area (Å²) in [5.74, 6) is -1.36. The highest BCUT2D eigenvalue weighted by atomic mass is 19.1. The first-order chi connectivity index (χ1) is 12.8. The van der Waals surface area contributed by atoms with Crippen LogP contribution in [-0.2, 0) is 14.4 Å². The van der Waals surface area contributed by atoms with Gasteiger partial charge in [0.25, 0.3) is 0 Å². The third kappa shape index (κ3) is 6.02. The van der Waals surface area contributed by atoms with Crippen LogP contribution in [0.25, 0.3) is 0 Å². The first kappa shape index (κ1) is 20.8. The van der Waals surface area contributed by atoms with E-state index in [1.54, 1.807) is 11.0 Å². The van der Waals surface area contributed by atoms with Crippen molar-refractivity contribution in [3.8, 4) is 0 Å². The smallest absolute Gasteiger partial charge is 0.241 e. The average Bonchev–Trinajstić information content (AvgIpc) is 2.65. The minimum Gasteiger partial charge on any atom is -0.346 e. The number of nitrogens with one attached hydrogen (secondary N) is 2. The third-order valence-corrected chi connectivity index (χ3v) is 4.75. The molecule has 0 bridgehead atoms. The van der Waals surface area contributed by atoms with Crippen LogP contribution in [0, 0.1) is 17.7 Å². The number of likely N-dealkylation sites (tertiary alicyclic amines) is 1. The van der Waals surface area contributed by atoms with Gasteiger partial charge in [-0.05, 0) is 37.0 Å². The van der Waals surface area contributed by atoms with Crippen molar-refractivity contribution in [3.05, 3.63) is 30.1 Å². The van der Waals surface area contributed by atoms with Crippen molar-refractivity contribution in [1.82, 2.24) is 10.2 Å². The lowest BCUT2D eigenvalue weighted by atomic mass is 9.95. The van der Waals surface area contributed by atoms with Gasteiger partial charge < -0.3 is 21.3 Å².